The molecule has 5 nitrogen and oxygen atoms in total. The molecule has 307 valence electrons. The minimum Gasteiger partial charge on any atom is -0.306 e. The van der Waals surface area contributed by atoms with E-state index >= 15 is 0 Å². The molecule has 8 aromatic rings. The van der Waals surface area contributed by atoms with Crippen molar-refractivity contribution < 1.29 is 39.2 Å². The molecule has 0 unspecified atom stereocenters. The predicted octanol–water partition coefficient (Wildman–Crippen LogP) is 13.7. The molecule has 0 aliphatic heterocycles. The Morgan fingerprint density at radius 2 is 1.55 bits per heavy atom. The van der Waals surface area contributed by atoms with E-state index < -0.39 is 31.7 Å². The van der Waals surface area contributed by atoms with E-state index in [1.54, 1.807) is 23.6 Å². The fourth-order valence-corrected chi connectivity index (χ4v) is 9.92. The number of carbonyl (C=O) groups excluding carboxylic acids is 1. The van der Waals surface area contributed by atoms with Crippen LogP contribution in [0.15, 0.2) is 134 Å². The van der Waals surface area contributed by atoms with E-state index in [2.05, 4.69) is 95.2 Å². The first-order valence-corrected chi connectivity index (χ1v) is 24.0. The third kappa shape index (κ3) is 10.1. The summed E-state index contributed by atoms with van der Waals surface area (Å²) in [6, 6.07) is 46.0. The van der Waals surface area contributed by atoms with Crippen LogP contribution in [0.5, 0.6) is 0 Å². The van der Waals surface area contributed by atoms with Gasteiger partial charge < -0.3 is 14.9 Å². The predicted molar refractivity (Wildman–Crippen MR) is 249 cm³/mol. The van der Waals surface area contributed by atoms with E-state index in [-0.39, 0.29) is 25.7 Å². The van der Waals surface area contributed by atoms with Crippen LogP contribution in [0.2, 0.25) is 19.6 Å². The van der Waals surface area contributed by atoms with Gasteiger partial charge in [-0.2, -0.15) is 11.3 Å². The number of fused-ring (bicyclic) bond motifs is 3. The van der Waals surface area contributed by atoms with E-state index in [9.17, 15) is 4.79 Å². The molecule has 0 saturated carbocycles. The van der Waals surface area contributed by atoms with Gasteiger partial charge in [-0.25, -0.2) is 5.26 Å². The molecule has 0 fully saturated rings. The van der Waals surface area contributed by atoms with Gasteiger partial charge in [0.1, 0.15) is 0 Å². The van der Waals surface area contributed by atoms with E-state index in [1.165, 1.54) is 32.7 Å². The van der Waals surface area contributed by atoms with Crippen LogP contribution in [0.1, 0.15) is 66.1 Å². The maximum absolute atomic E-state index is 12.1. The van der Waals surface area contributed by atoms with Crippen LogP contribution in [0.25, 0.3) is 64.9 Å². The quantitative estimate of drug-likeness (QED) is 0.0711. The molecule has 1 radical (unpaired) electrons. The van der Waals surface area contributed by atoms with Gasteiger partial charge in [0.2, 0.25) is 0 Å². The third-order valence-electron chi connectivity index (χ3n) is 9.94. The monoisotopic (exact) mass is 1010 g/mol. The summed E-state index contributed by atoms with van der Waals surface area (Å²) in [5.74, 6) is -1.61. The normalized spacial score (nSPS) is 12.7. The van der Waals surface area contributed by atoms with Crippen LogP contribution in [0.4, 0.5) is 0 Å². The van der Waals surface area contributed by atoms with Gasteiger partial charge in [-0.05, 0) is 84.8 Å². The Hall–Kier alpha value is -5.08. The molecule has 8 rings (SSSR count). The molecular formula is C52H50IrN2O3SSi-2. The summed E-state index contributed by atoms with van der Waals surface area (Å²) in [4.78, 5) is 25.3. The summed E-state index contributed by atoms with van der Waals surface area (Å²) >= 11 is 1.74. The van der Waals surface area contributed by atoms with E-state index in [0.29, 0.717) is 22.4 Å². The van der Waals surface area contributed by atoms with Crippen molar-refractivity contribution in [2.45, 2.75) is 66.5 Å². The van der Waals surface area contributed by atoms with Crippen molar-refractivity contribution in [2.75, 3.05) is 0 Å². The Morgan fingerprint density at radius 3 is 2.20 bits per heavy atom. The molecule has 0 spiro atoms. The molecule has 3 heterocycles. The zero-order valence-corrected chi connectivity index (χ0v) is 39.3. The maximum Gasteiger partial charge on any atom is 0.333 e. The number of pyridine rings is 2. The molecule has 0 aliphatic carbocycles. The third-order valence-corrected chi connectivity index (χ3v) is 13.2. The standard InChI is InChI=1S/C28H24NS.C24H26NO3Si.Ir/c1-28(2,3)18-19-14-15-29-25(16-19)23-11-7-10-22-24-17-21(20-8-5-4-6-9-20)12-13-26(24)30-27(22)23;1-16(2)20-14-22(25-15-23(20)29(3,4)5)18-11-12-19(24(26)28-27)21(13-18)17-9-7-6-8-10-17;/h4-10,12-17H,18H2,1-3H3;6-10,12-16,27H,1-5H3;/q2*-1;/i18D2;16D;. The first-order valence-electron chi connectivity index (χ1n) is 21.2. The fourth-order valence-electron chi connectivity index (χ4n) is 7.15. The number of benzene rings is 5. The second-order valence-corrected chi connectivity index (χ2v) is 23.0. The average molecular weight is 1010 g/mol. The van der Waals surface area contributed by atoms with Crippen molar-refractivity contribution in [3.63, 3.8) is 0 Å². The van der Waals surface area contributed by atoms with Gasteiger partial charge in [0.15, 0.2) is 0 Å². The molecular weight excluding hydrogens is 953 g/mol. The van der Waals surface area contributed by atoms with E-state index in [0.717, 1.165) is 32.3 Å². The fraction of sp³-hybridized carbons (Fsp3) is 0.212. The largest absolute Gasteiger partial charge is 0.333 e. The number of hydrogen-bond acceptors (Lipinski definition) is 6. The van der Waals surface area contributed by atoms with E-state index in [4.69, 9.17) is 9.37 Å². The topological polar surface area (TPSA) is 72.3 Å². The molecule has 0 bridgehead atoms. The van der Waals surface area contributed by atoms with Gasteiger partial charge in [-0.1, -0.05) is 155 Å². The summed E-state index contributed by atoms with van der Waals surface area (Å²) < 4.78 is 28.3. The molecule has 3 aromatic heterocycles. The molecule has 0 saturated heterocycles. The molecule has 0 amide bonds. The number of hydrogen-bond donors (Lipinski definition) is 1. The van der Waals surface area contributed by atoms with Crippen molar-refractivity contribution in [1.29, 1.82) is 0 Å². The molecule has 1 N–H and O–H groups in total. The molecule has 0 atom stereocenters. The number of thiophene rings is 1. The molecule has 60 heavy (non-hydrogen) atoms. The smallest absolute Gasteiger partial charge is 0.306 e. The number of rotatable bonds is 8. The van der Waals surface area contributed by atoms with Crippen molar-refractivity contribution in [1.82, 2.24) is 9.97 Å². The van der Waals surface area contributed by atoms with Crippen molar-refractivity contribution in [2.24, 2.45) is 5.41 Å². The average Bonchev–Trinajstić information content (AvgIpc) is 3.64. The minimum atomic E-state index is -1.69. The van der Waals surface area contributed by atoms with Crippen LogP contribution >= 0.6 is 11.3 Å². The van der Waals surface area contributed by atoms with Gasteiger partial charge in [0, 0.05) is 41.3 Å². The van der Waals surface area contributed by atoms with Crippen LogP contribution < -0.4 is 5.19 Å². The second kappa shape index (κ2) is 18.7. The van der Waals surface area contributed by atoms with Crippen LogP contribution in [0, 0.1) is 17.5 Å². The summed E-state index contributed by atoms with van der Waals surface area (Å²) in [5, 5.41) is 12.5. The number of aromatic nitrogens is 2. The van der Waals surface area contributed by atoms with Gasteiger partial charge in [-0.3, -0.25) is 4.79 Å². The van der Waals surface area contributed by atoms with Crippen molar-refractivity contribution in [3.05, 3.63) is 163 Å². The Bertz CT molecular complexity index is 2900. The summed E-state index contributed by atoms with van der Waals surface area (Å²) in [7, 11) is -1.69. The Kier molecular flexibility index (Phi) is 12.6. The Morgan fingerprint density at radius 1 is 0.850 bits per heavy atom. The minimum absolute atomic E-state index is 0. The maximum atomic E-state index is 12.1. The van der Waals surface area contributed by atoms with Crippen molar-refractivity contribution in [3.8, 4) is 44.8 Å². The Labute approximate surface area is 377 Å². The SMILES string of the molecule is [2H]C(C)(C)c1cc(-c2[c-]cc(C(=O)OO)c(-c3ccccc3)c2)ncc1[Si](C)(C)C.[2H]C([2H])(c1ccnc(-c2[c-]ccc3c2sc2ccc(-c4ccccc4)cc23)c1)C(C)(C)C.[Ir]. The van der Waals surface area contributed by atoms with Gasteiger partial charge in [0.05, 0.1) is 8.07 Å². The number of carbonyl (C=O) groups is 1. The van der Waals surface area contributed by atoms with Gasteiger partial charge in [-0.15, -0.1) is 47.5 Å². The summed E-state index contributed by atoms with van der Waals surface area (Å²) in [6.45, 7) is 16.3. The van der Waals surface area contributed by atoms with Crippen LogP contribution in [-0.4, -0.2) is 29.3 Å². The van der Waals surface area contributed by atoms with Crippen LogP contribution in [-0.2, 0) is 31.4 Å². The van der Waals surface area contributed by atoms with E-state index in [1.807, 2.05) is 101 Å². The van der Waals surface area contributed by atoms with Crippen LogP contribution in [0.3, 0.4) is 0 Å². The summed E-state index contributed by atoms with van der Waals surface area (Å²) in [5.41, 5.74) is 8.21. The zero-order valence-electron chi connectivity index (χ0n) is 38.1. The second-order valence-electron chi connectivity index (χ2n) is 16.9. The number of nitrogens with zero attached hydrogens (tertiary/aromatic N) is 2. The molecule has 8 heteroatoms. The van der Waals surface area contributed by atoms with Gasteiger partial charge in [0.25, 0.3) is 0 Å². The first kappa shape index (κ1) is 40.3. The molecule has 0 aliphatic rings. The Balaban J connectivity index is 0.000000207. The van der Waals surface area contributed by atoms with Crippen molar-refractivity contribution >= 4 is 50.7 Å². The summed E-state index contributed by atoms with van der Waals surface area (Å²) in [6.07, 6.45) is 2.13. The first-order chi connectivity index (χ1) is 29.3. The zero-order chi connectivity index (χ0) is 44.6. The van der Waals surface area contributed by atoms with Gasteiger partial charge >= 0.3 is 5.97 Å². The molecule has 5 aromatic carbocycles.